The molecule has 0 bridgehead atoms. The number of nitrogens with one attached hydrogen (secondary N) is 1. The minimum atomic E-state index is -0.592. The third kappa shape index (κ3) is 4.64. The van der Waals surface area contributed by atoms with E-state index in [0.29, 0.717) is 18.3 Å². The lowest BCUT2D eigenvalue weighted by atomic mass is 9.94. The van der Waals surface area contributed by atoms with Crippen molar-refractivity contribution in [2.45, 2.75) is 44.7 Å². The fourth-order valence-electron chi connectivity index (χ4n) is 3.81. The molecule has 0 spiro atoms. The molecule has 2 heterocycles. The van der Waals surface area contributed by atoms with Crippen LogP contribution in [0.1, 0.15) is 53.8 Å². The molecular weight excluding hydrogens is 417 g/mol. The molecule has 1 aromatic carbocycles. The number of nitrogens with zero attached hydrogens (tertiary/aromatic N) is 7. The Labute approximate surface area is 183 Å². The minimum Gasteiger partial charge on any atom is -0.378 e. The second-order valence-electron chi connectivity index (χ2n) is 7.70. The molecule has 1 amide bonds. The van der Waals surface area contributed by atoms with Gasteiger partial charge in [0.1, 0.15) is 5.82 Å². The average molecular weight is 441 g/mol. The average Bonchev–Trinajstić information content (AvgIpc) is 3.41. The van der Waals surface area contributed by atoms with Crippen molar-refractivity contribution < 1.29 is 13.8 Å². The van der Waals surface area contributed by atoms with Crippen molar-refractivity contribution in [3.8, 4) is 5.82 Å². The third-order valence-corrected chi connectivity index (χ3v) is 5.55. The van der Waals surface area contributed by atoms with Crippen LogP contribution in [0.4, 0.5) is 10.2 Å². The molecule has 2 aromatic heterocycles. The molecular formula is C20H24FN9O2. The summed E-state index contributed by atoms with van der Waals surface area (Å²) >= 11 is 0. The molecule has 1 aliphatic carbocycles. The number of carbonyl (C=O) groups excluding carboxylic acids is 1. The molecule has 1 aliphatic rings. The van der Waals surface area contributed by atoms with Gasteiger partial charge in [-0.3, -0.25) is 9.69 Å². The van der Waals surface area contributed by atoms with Gasteiger partial charge in [0.05, 0.1) is 11.9 Å². The van der Waals surface area contributed by atoms with Gasteiger partial charge in [-0.05, 0) is 36.3 Å². The van der Waals surface area contributed by atoms with Crippen LogP contribution in [0.2, 0.25) is 0 Å². The van der Waals surface area contributed by atoms with Gasteiger partial charge in [0.15, 0.2) is 5.69 Å². The summed E-state index contributed by atoms with van der Waals surface area (Å²) in [6, 6.07) is 6.49. The van der Waals surface area contributed by atoms with Crippen LogP contribution in [0.3, 0.4) is 0 Å². The summed E-state index contributed by atoms with van der Waals surface area (Å²) in [6.45, 7) is 0.379. The summed E-state index contributed by atoms with van der Waals surface area (Å²) in [5.74, 6) is -0.856. The maximum Gasteiger partial charge on any atom is 0.293 e. The summed E-state index contributed by atoms with van der Waals surface area (Å²) < 4.78 is 19.8. The molecule has 0 radical (unpaired) electrons. The standard InChI is InChI=1S/C20H24FN9O2/c1-29(14-8-3-2-4-9-14)12-16-17(24-28-30(16)19-18(22)26-32-27-19)20(31)25-23-11-13-7-5-6-10-15(13)21/h5-7,10-11,14H,2-4,8-9,12H2,1H3,(H2,22,26)(H,25,31)/b23-11-. The first-order valence-corrected chi connectivity index (χ1v) is 10.4. The highest BCUT2D eigenvalue weighted by atomic mass is 19.1. The molecule has 32 heavy (non-hydrogen) atoms. The Morgan fingerprint density at radius 3 is 2.84 bits per heavy atom. The zero-order valence-electron chi connectivity index (χ0n) is 17.6. The van der Waals surface area contributed by atoms with E-state index in [1.54, 1.807) is 18.2 Å². The molecule has 4 rings (SSSR count). The normalized spacial score (nSPS) is 15.0. The van der Waals surface area contributed by atoms with E-state index in [2.05, 4.69) is 40.7 Å². The summed E-state index contributed by atoms with van der Waals surface area (Å²) in [6.07, 6.45) is 6.97. The first-order chi connectivity index (χ1) is 15.5. The van der Waals surface area contributed by atoms with Gasteiger partial charge in [0.25, 0.3) is 5.91 Å². The number of anilines is 1. The Kier molecular flexibility index (Phi) is 6.50. The molecule has 11 nitrogen and oxygen atoms in total. The van der Waals surface area contributed by atoms with Crippen molar-refractivity contribution >= 4 is 17.9 Å². The number of aromatic nitrogens is 5. The molecule has 3 aromatic rings. The van der Waals surface area contributed by atoms with Crippen molar-refractivity contribution in [1.29, 1.82) is 0 Å². The third-order valence-electron chi connectivity index (χ3n) is 5.55. The summed E-state index contributed by atoms with van der Waals surface area (Å²) in [4.78, 5) is 15.0. The Bertz CT molecular complexity index is 1100. The predicted octanol–water partition coefficient (Wildman–Crippen LogP) is 1.90. The molecule has 3 N–H and O–H groups in total. The number of nitrogens with two attached hydrogens (primary N) is 1. The number of amides is 1. The van der Waals surface area contributed by atoms with Crippen LogP contribution in [0.25, 0.3) is 5.82 Å². The Morgan fingerprint density at radius 1 is 1.34 bits per heavy atom. The van der Waals surface area contributed by atoms with E-state index < -0.39 is 11.7 Å². The molecule has 0 aliphatic heterocycles. The number of nitrogen functional groups attached to an aromatic ring is 1. The van der Waals surface area contributed by atoms with Crippen molar-refractivity contribution in [3.63, 3.8) is 0 Å². The van der Waals surface area contributed by atoms with Crippen molar-refractivity contribution in [3.05, 3.63) is 47.0 Å². The van der Waals surface area contributed by atoms with Crippen LogP contribution >= 0.6 is 0 Å². The van der Waals surface area contributed by atoms with Gasteiger partial charge < -0.3 is 5.73 Å². The lowest BCUT2D eigenvalue weighted by Gasteiger charge is -2.31. The second kappa shape index (κ2) is 9.64. The second-order valence-corrected chi connectivity index (χ2v) is 7.70. The molecule has 12 heteroatoms. The Balaban J connectivity index is 1.58. The number of rotatable bonds is 7. The number of carbonyl (C=O) groups is 1. The SMILES string of the molecule is CN(Cc1c(C(=O)N/N=C\c2ccccc2F)nnn1-c1nonc1N)C1CCCCC1. The van der Waals surface area contributed by atoms with E-state index in [1.807, 2.05) is 7.05 Å². The fraction of sp³-hybridized carbons (Fsp3) is 0.400. The van der Waals surface area contributed by atoms with Gasteiger partial charge >= 0.3 is 0 Å². The highest BCUT2D eigenvalue weighted by molar-refractivity contribution is 5.94. The van der Waals surface area contributed by atoms with E-state index in [-0.39, 0.29) is 22.9 Å². The number of halogens is 1. The monoisotopic (exact) mass is 441 g/mol. The molecule has 0 atom stereocenters. The van der Waals surface area contributed by atoms with Crippen LogP contribution in [0, 0.1) is 5.82 Å². The molecule has 0 saturated heterocycles. The van der Waals surface area contributed by atoms with Gasteiger partial charge in [0, 0.05) is 18.2 Å². The summed E-state index contributed by atoms with van der Waals surface area (Å²) in [5.41, 5.74) is 8.98. The van der Waals surface area contributed by atoms with Crippen LogP contribution in [0.5, 0.6) is 0 Å². The Morgan fingerprint density at radius 2 is 2.12 bits per heavy atom. The highest BCUT2D eigenvalue weighted by Crippen LogP contribution is 2.24. The summed E-state index contributed by atoms with van der Waals surface area (Å²) in [5, 5.41) is 19.3. The van der Waals surface area contributed by atoms with E-state index in [4.69, 9.17) is 5.73 Å². The molecule has 168 valence electrons. The largest absolute Gasteiger partial charge is 0.378 e. The molecule has 1 saturated carbocycles. The lowest BCUT2D eigenvalue weighted by molar-refractivity contribution is 0.0947. The topological polar surface area (TPSA) is 140 Å². The maximum absolute atomic E-state index is 13.8. The van der Waals surface area contributed by atoms with Gasteiger partial charge in [-0.1, -0.05) is 42.7 Å². The van der Waals surface area contributed by atoms with E-state index in [9.17, 15) is 9.18 Å². The van der Waals surface area contributed by atoms with E-state index >= 15 is 0 Å². The van der Waals surface area contributed by atoms with Gasteiger partial charge in [0.2, 0.25) is 11.6 Å². The van der Waals surface area contributed by atoms with Crippen molar-refractivity contribution in [1.82, 2.24) is 35.6 Å². The van der Waals surface area contributed by atoms with Gasteiger partial charge in [-0.15, -0.1) is 5.10 Å². The van der Waals surface area contributed by atoms with Crippen LogP contribution in [-0.2, 0) is 6.54 Å². The van der Waals surface area contributed by atoms with Crippen molar-refractivity contribution in [2.75, 3.05) is 12.8 Å². The number of hydrogen-bond donors (Lipinski definition) is 2. The quantitative estimate of drug-likeness (QED) is 0.418. The fourth-order valence-corrected chi connectivity index (χ4v) is 3.81. The van der Waals surface area contributed by atoms with Gasteiger partial charge in [-0.2, -0.15) is 9.78 Å². The van der Waals surface area contributed by atoms with Gasteiger partial charge in [-0.25, -0.2) is 14.4 Å². The predicted molar refractivity (Wildman–Crippen MR) is 113 cm³/mol. The molecule has 0 unspecified atom stereocenters. The van der Waals surface area contributed by atoms with Crippen LogP contribution in [-0.4, -0.2) is 55.4 Å². The Hall–Kier alpha value is -3.67. The number of hydrogen-bond acceptors (Lipinski definition) is 9. The zero-order chi connectivity index (χ0) is 22.5. The first kappa shape index (κ1) is 21.6. The number of hydrazone groups is 1. The van der Waals surface area contributed by atoms with Crippen molar-refractivity contribution in [2.24, 2.45) is 5.10 Å². The molecule has 1 fully saturated rings. The maximum atomic E-state index is 13.8. The van der Waals surface area contributed by atoms with E-state index in [1.165, 1.54) is 36.2 Å². The van der Waals surface area contributed by atoms with Crippen LogP contribution in [0.15, 0.2) is 34.0 Å². The lowest BCUT2D eigenvalue weighted by Crippen LogP contribution is -2.34. The zero-order valence-corrected chi connectivity index (χ0v) is 17.6. The first-order valence-electron chi connectivity index (χ1n) is 10.4. The minimum absolute atomic E-state index is 0.0287. The van der Waals surface area contributed by atoms with Crippen LogP contribution < -0.4 is 11.2 Å². The van der Waals surface area contributed by atoms with E-state index in [0.717, 1.165) is 12.8 Å². The number of benzene rings is 1. The highest BCUT2D eigenvalue weighted by Gasteiger charge is 2.27. The summed E-state index contributed by atoms with van der Waals surface area (Å²) in [7, 11) is 2.00. The smallest absolute Gasteiger partial charge is 0.293 e.